The Morgan fingerprint density at radius 1 is 1.16 bits per heavy atom. The quantitative estimate of drug-likeness (QED) is 0.766. The fourth-order valence-corrected chi connectivity index (χ4v) is 3.19. The summed E-state index contributed by atoms with van der Waals surface area (Å²) >= 11 is 0. The van der Waals surface area contributed by atoms with Gasteiger partial charge in [-0.1, -0.05) is 12.1 Å². The zero-order valence-corrected chi connectivity index (χ0v) is 16.2. The Morgan fingerprint density at radius 2 is 1.80 bits per heavy atom. The number of aliphatic hydroxyl groups is 1. The number of aromatic nitrogens is 2. The zero-order valence-electron chi connectivity index (χ0n) is 16.2. The van der Waals surface area contributed by atoms with Crippen molar-refractivity contribution in [2.24, 2.45) is 0 Å². The highest BCUT2D eigenvalue weighted by atomic mass is 16.5. The predicted molar refractivity (Wildman–Crippen MR) is 101 cm³/mol. The fourth-order valence-electron chi connectivity index (χ4n) is 3.19. The van der Waals surface area contributed by atoms with Crippen molar-refractivity contribution in [1.82, 2.24) is 15.1 Å². The molecule has 1 heterocycles. The smallest absolute Gasteiger partial charge is 0.119 e. The van der Waals surface area contributed by atoms with Gasteiger partial charge in [-0.2, -0.15) is 5.10 Å². The van der Waals surface area contributed by atoms with Crippen LogP contribution in [0.4, 0.5) is 0 Å². The number of ether oxygens (including phenoxy) is 1. The minimum atomic E-state index is -0.558. The molecular formula is C20H31N3O2. The fraction of sp³-hybridized carbons (Fsp3) is 0.550. The number of hydrogen-bond acceptors (Lipinski definition) is 4. The van der Waals surface area contributed by atoms with Gasteiger partial charge >= 0.3 is 0 Å². The van der Waals surface area contributed by atoms with Gasteiger partial charge in [0.15, 0.2) is 0 Å². The van der Waals surface area contributed by atoms with E-state index in [-0.39, 0.29) is 12.1 Å². The average Bonchev–Trinajstić information content (AvgIpc) is 2.86. The van der Waals surface area contributed by atoms with E-state index in [9.17, 15) is 5.11 Å². The first-order valence-corrected chi connectivity index (χ1v) is 9.05. The second-order valence-corrected chi connectivity index (χ2v) is 6.78. The summed E-state index contributed by atoms with van der Waals surface area (Å²) in [5.74, 6) is 0.825. The summed E-state index contributed by atoms with van der Waals surface area (Å²) in [5, 5.41) is 18.5. The molecule has 138 valence electrons. The van der Waals surface area contributed by atoms with Crippen LogP contribution in [0.5, 0.6) is 5.75 Å². The van der Waals surface area contributed by atoms with Crippen molar-refractivity contribution in [2.45, 2.75) is 66.3 Å². The second kappa shape index (κ2) is 8.50. The Labute approximate surface area is 151 Å². The highest BCUT2D eigenvalue weighted by molar-refractivity contribution is 5.30. The van der Waals surface area contributed by atoms with E-state index < -0.39 is 6.10 Å². The summed E-state index contributed by atoms with van der Waals surface area (Å²) in [7, 11) is 0. The number of aryl methyl sites for hydroxylation is 2. The first kappa shape index (κ1) is 19.5. The van der Waals surface area contributed by atoms with Gasteiger partial charge < -0.3 is 15.2 Å². The molecule has 0 aliphatic carbocycles. The lowest BCUT2D eigenvalue weighted by atomic mass is 10.0. The van der Waals surface area contributed by atoms with E-state index in [1.54, 1.807) is 0 Å². The summed E-state index contributed by atoms with van der Waals surface area (Å²) in [6, 6.07) is 7.78. The molecule has 2 N–H and O–H groups in total. The van der Waals surface area contributed by atoms with E-state index >= 15 is 0 Å². The first-order chi connectivity index (χ1) is 11.8. The topological polar surface area (TPSA) is 59.3 Å². The van der Waals surface area contributed by atoms with E-state index in [0.717, 1.165) is 23.6 Å². The lowest BCUT2D eigenvalue weighted by molar-refractivity contribution is 0.170. The second-order valence-electron chi connectivity index (χ2n) is 6.78. The number of nitrogens with one attached hydrogen (secondary N) is 1. The van der Waals surface area contributed by atoms with Crippen molar-refractivity contribution in [1.29, 1.82) is 0 Å². The van der Waals surface area contributed by atoms with Gasteiger partial charge in [0.2, 0.25) is 0 Å². The zero-order chi connectivity index (χ0) is 18.6. The van der Waals surface area contributed by atoms with Gasteiger partial charge in [0, 0.05) is 30.4 Å². The maximum atomic E-state index is 10.5. The van der Waals surface area contributed by atoms with Crippen LogP contribution in [-0.2, 0) is 6.54 Å². The van der Waals surface area contributed by atoms with Crippen LogP contribution >= 0.6 is 0 Å². The SMILES string of the molecule is CCn1nc(C)c(C(C)NCC(O)c2ccc(OC(C)C)cc2)c1C. The van der Waals surface area contributed by atoms with Gasteiger partial charge in [-0.25, -0.2) is 0 Å². The van der Waals surface area contributed by atoms with Crippen molar-refractivity contribution < 1.29 is 9.84 Å². The number of aliphatic hydroxyl groups excluding tert-OH is 1. The lowest BCUT2D eigenvalue weighted by Crippen LogP contribution is -2.25. The highest BCUT2D eigenvalue weighted by Crippen LogP contribution is 2.23. The molecule has 0 aliphatic rings. The van der Waals surface area contributed by atoms with E-state index in [4.69, 9.17) is 4.74 Å². The third-order valence-corrected chi connectivity index (χ3v) is 4.42. The Morgan fingerprint density at radius 3 is 2.32 bits per heavy atom. The molecule has 0 saturated heterocycles. The van der Waals surface area contributed by atoms with E-state index in [1.807, 2.05) is 49.7 Å². The molecule has 0 saturated carbocycles. The van der Waals surface area contributed by atoms with Crippen molar-refractivity contribution in [2.75, 3.05) is 6.54 Å². The lowest BCUT2D eigenvalue weighted by Gasteiger charge is -2.19. The summed E-state index contributed by atoms with van der Waals surface area (Å²) in [6.07, 6.45) is -0.411. The standard InChI is InChI=1S/C20H31N3O2/c1-7-23-16(6)20(15(5)22-23)14(4)21-12-19(24)17-8-10-18(11-9-17)25-13(2)3/h8-11,13-14,19,21,24H,7,12H2,1-6H3. The summed E-state index contributed by atoms with van der Waals surface area (Å²) in [5.41, 5.74) is 4.33. The van der Waals surface area contributed by atoms with Crippen molar-refractivity contribution in [3.63, 3.8) is 0 Å². The minimum absolute atomic E-state index is 0.137. The van der Waals surface area contributed by atoms with Gasteiger partial charge in [0.05, 0.1) is 17.9 Å². The molecule has 5 nitrogen and oxygen atoms in total. The summed E-state index contributed by atoms with van der Waals surface area (Å²) in [4.78, 5) is 0. The van der Waals surface area contributed by atoms with Gasteiger partial charge in [-0.3, -0.25) is 4.68 Å². The van der Waals surface area contributed by atoms with E-state index in [0.29, 0.717) is 6.54 Å². The van der Waals surface area contributed by atoms with Crippen LogP contribution in [0.3, 0.4) is 0 Å². The average molecular weight is 345 g/mol. The summed E-state index contributed by atoms with van der Waals surface area (Å²) in [6.45, 7) is 13.7. The first-order valence-electron chi connectivity index (χ1n) is 9.05. The van der Waals surface area contributed by atoms with Gasteiger partial charge in [-0.05, 0) is 59.2 Å². The normalized spacial score (nSPS) is 13.9. The number of hydrogen-bond donors (Lipinski definition) is 2. The molecule has 2 aromatic rings. The summed E-state index contributed by atoms with van der Waals surface area (Å²) < 4.78 is 7.66. The van der Waals surface area contributed by atoms with Crippen LogP contribution in [0, 0.1) is 13.8 Å². The number of rotatable bonds is 8. The molecule has 2 atom stereocenters. The third-order valence-electron chi connectivity index (χ3n) is 4.42. The van der Waals surface area contributed by atoms with Gasteiger partial charge in [0.1, 0.15) is 5.75 Å². The van der Waals surface area contributed by atoms with Crippen LogP contribution in [-0.4, -0.2) is 27.5 Å². The van der Waals surface area contributed by atoms with Crippen LogP contribution in [0.1, 0.15) is 62.4 Å². The molecule has 25 heavy (non-hydrogen) atoms. The third kappa shape index (κ3) is 4.83. The number of benzene rings is 1. The molecule has 1 aromatic carbocycles. The Balaban J connectivity index is 1.97. The molecular weight excluding hydrogens is 314 g/mol. The van der Waals surface area contributed by atoms with Crippen molar-refractivity contribution in [3.05, 3.63) is 46.8 Å². The van der Waals surface area contributed by atoms with Crippen molar-refractivity contribution >= 4 is 0 Å². The van der Waals surface area contributed by atoms with Crippen molar-refractivity contribution in [3.8, 4) is 5.75 Å². The molecule has 1 aromatic heterocycles. The molecule has 0 amide bonds. The molecule has 0 spiro atoms. The van der Waals surface area contributed by atoms with Crippen LogP contribution in [0.2, 0.25) is 0 Å². The number of nitrogens with zero attached hydrogens (tertiary/aromatic N) is 2. The molecule has 0 bridgehead atoms. The molecule has 0 fully saturated rings. The Bertz CT molecular complexity index is 677. The predicted octanol–water partition coefficient (Wildman–Crippen LogP) is 3.69. The van der Waals surface area contributed by atoms with Crippen LogP contribution in [0.25, 0.3) is 0 Å². The van der Waals surface area contributed by atoms with Crippen LogP contribution in [0.15, 0.2) is 24.3 Å². The maximum Gasteiger partial charge on any atom is 0.119 e. The minimum Gasteiger partial charge on any atom is -0.491 e. The molecule has 0 aliphatic heterocycles. The largest absolute Gasteiger partial charge is 0.491 e. The molecule has 2 unspecified atom stereocenters. The van der Waals surface area contributed by atoms with Crippen LogP contribution < -0.4 is 10.1 Å². The van der Waals surface area contributed by atoms with E-state index in [2.05, 4.69) is 31.2 Å². The molecule has 2 rings (SSSR count). The highest BCUT2D eigenvalue weighted by Gasteiger charge is 2.18. The Hall–Kier alpha value is -1.85. The van der Waals surface area contributed by atoms with E-state index in [1.165, 1.54) is 11.3 Å². The van der Waals surface area contributed by atoms with Gasteiger partial charge in [-0.15, -0.1) is 0 Å². The Kier molecular flexibility index (Phi) is 6.62. The monoisotopic (exact) mass is 345 g/mol. The maximum absolute atomic E-state index is 10.5. The molecule has 0 radical (unpaired) electrons. The van der Waals surface area contributed by atoms with Gasteiger partial charge in [0.25, 0.3) is 0 Å². The molecule has 5 heteroatoms.